The number of fused-ring (bicyclic) bond motifs is 1. The lowest BCUT2D eigenvalue weighted by Gasteiger charge is -2.39. The molecule has 9 nitrogen and oxygen atoms in total. The third-order valence-corrected chi connectivity index (χ3v) is 4.97. The van der Waals surface area contributed by atoms with Crippen molar-refractivity contribution in [2.75, 3.05) is 19.6 Å². The highest BCUT2D eigenvalue weighted by Crippen LogP contribution is 2.37. The maximum absolute atomic E-state index is 12.2. The van der Waals surface area contributed by atoms with Crippen LogP contribution < -0.4 is 14.7 Å². The number of ether oxygens (including phenoxy) is 1. The summed E-state index contributed by atoms with van der Waals surface area (Å²) in [5.74, 6) is -0.791. The molecule has 1 saturated heterocycles. The number of carboxylic acid groups (broad SMARTS) is 1. The minimum Gasteiger partial charge on any atom is -0.535 e. The van der Waals surface area contributed by atoms with Gasteiger partial charge in [0.25, 0.3) is 0 Å². The Morgan fingerprint density at radius 1 is 1.41 bits per heavy atom. The smallest absolute Gasteiger partial charge is 0.522 e. The molecule has 4 rings (SSSR count). The van der Waals surface area contributed by atoms with Gasteiger partial charge >= 0.3 is 13.1 Å². The van der Waals surface area contributed by atoms with E-state index in [0.29, 0.717) is 38.8 Å². The van der Waals surface area contributed by atoms with Crippen LogP contribution in [0.25, 0.3) is 0 Å². The maximum Gasteiger partial charge on any atom is 0.522 e. The van der Waals surface area contributed by atoms with Gasteiger partial charge in [0, 0.05) is 6.42 Å². The molecule has 0 saturated carbocycles. The lowest BCUT2D eigenvalue weighted by atomic mass is 9.78. The highest BCUT2D eigenvalue weighted by molar-refractivity contribution is 6.44. The summed E-state index contributed by atoms with van der Waals surface area (Å²) in [6.45, 7) is 1.42. The largest absolute Gasteiger partial charge is 0.535 e. The second-order valence-corrected chi connectivity index (χ2v) is 6.94. The molecular weight excluding hydrogens is 353 g/mol. The minimum absolute atomic E-state index is 0.0215. The maximum atomic E-state index is 12.2. The number of nitrogens with one attached hydrogen (secondary N) is 1. The third-order valence-electron chi connectivity index (χ3n) is 4.97. The van der Waals surface area contributed by atoms with E-state index in [2.05, 4.69) is 10.3 Å². The average molecular weight is 373 g/mol. The fourth-order valence-electron chi connectivity index (χ4n) is 3.46. The normalized spacial score (nSPS) is 21.1. The van der Waals surface area contributed by atoms with Crippen molar-refractivity contribution in [1.29, 1.82) is 0 Å². The molecule has 142 valence electrons. The van der Waals surface area contributed by atoms with Crippen LogP contribution in [-0.2, 0) is 11.2 Å². The highest BCUT2D eigenvalue weighted by Gasteiger charge is 2.36. The third kappa shape index (κ3) is 3.57. The SMILES string of the molecule is O=C(O)c1c(OC2CN(C(=O)CC3CN=CN3)C2)ccc2c1OB(O)CC2. The molecule has 3 aliphatic rings. The first-order chi connectivity index (χ1) is 13.0. The first-order valence-corrected chi connectivity index (χ1v) is 8.94. The predicted molar refractivity (Wildman–Crippen MR) is 96.4 cm³/mol. The Balaban J connectivity index is 1.40. The molecule has 0 radical (unpaired) electrons. The van der Waals surface area contributed by atoms with Gasteiger partial charge in [-0.1, -0.05) is 6.07 Å². The van der Waals surface area contributed by atoms with Crippen molar-refractivity contribution in [3.05, 3.63) is 23.3 Å². The number of carbonyl (C=O) groups is 2. The van der Waals surface area contributed by atoms with Crippen molar-refractivity contribution in [1.82, 2.24) is 10.2 Å². The molecule has 3 N–H and O–H groups in total. The number of carbonyl (C=O) groups excluding carboxylic acids is 1. The van der Waals surface area contributed by atoms with Crippen LogP contribution >= 0.6 is 0 Å². The minimum atomic E-state index is -1.17. The van der Waals surface area contributed by atoms with E-state index < -0.39 is 13.1 Å². The van der Waals surface area contributed by atoms with E-state index in [-0.39, 0.29) is 35.1 Å². The van der Waals surface area contributed by atoms with Crippen LogP contribution in [0.3, 0.4) is 0 Å². The Bertz CT molecular complexity index is 787. The number of carboxylic acids is 1. The molecule has 0 aromatic heterocycles. The molecule has 1 unspecified atom stereocenters. The van der Waals surface area contributed by atoms with Crippen LogP contribution in [0, 0.1) is 0 Å². The van der Waals surface area contributed by atoms with E-state index in [1.165, 1.54) is 0 Å². The van der Waals surface area contributed by atoms with Crippen LogP contribution in [0.4, 0.5) is 0 Å². The van der Waals surface area contributed by atoms with Crippen LogP contribution in [0.1, 0.15) is 22.3 Å². The van der Waals surface area contributed by atoms with Crippen molar-refractivity contribution in [3.8, 4) is 11.5 Å². The number of hydrogen-bond donors (Lipinski definition) is 3. The van der Waals surface area contributed by atoms with E-state index in [1.807, 2.05) is 0 Å². The van der Waals surface area contributed by atoms with Gasteiger partial charge in [-0.25, -0.2) is 4.79 Å². The molecule has 0 spiro atoms. The second-order valence-electron chi connectivity index (χ2n) is 6.94. The standard InChI is InChI=1S/C17H20BN3O6/c22-14(5-11-6-19-9-20-11)21-7-12(8-21)26-13-2-1-10-3-4-18(25)27-16(10)15(13)17(23)24/h1-2,9,11-12,25H,3-8H2,(H,19,20)(H,23,24). The first kappa shape index (κ1) is 17.7. The van der Waals surface area contributed by atoms with E-state index in [1.54, 1.807) is 23.4 Å². The molecule has 0 bridgehead atoms. The fourth-order valence-corrected chi connectivity index (χ4v) is 3.46. The van der Waals surface area contributed by atoms with Crippen LogP contribution in [0.15, 0.2) is 17.1 Å². The topological polar surface area (TPSA) is 121 Å². The number of nitrogens with zero attached hydrogens (tertiary/aromatic N) is 2. The highest BCUT2D eigenvalue weighted by atomic mass is 16.5. The predicted octanol–water partition coefficient (Wildman–Crippen LogP) is -0.220. The molecule has 1 atom stereocenters. The Labute approximate surface area is 156 Å². The van der Waals surface area contributed by atoms with Crippen molar-refractivity contribution >= 4 is 25.3 Å². The summed E-state index contributed by atoms with van der Waals surface area (Å²) in [6.07, 6.45) is 2.68. The van der Waals surface area contributed by atoms with E-state index in [0.717, 1.165) is 5.56 Å². The zero-order valence-corrected chi connectivity index (χ0v) is 14.6. The molecule has 3 heterocycles. The van der Waals surface area contributed by atoms with Crippen LogP contribution in [0.2, 0.25) is 6.32 Å². The summed E-state index contributed by atoms with van der Waals surface area (Å²) >= 11 is 0. The van der Waals surface area contributed by atoms with Gasteiger partial charge in [0.1, 0.15) is 23.2 Å². The first-order valence-electron chi connectivity index (χ1n) is 8.94. The van der Waals surface area contributed by atoms with E-state index in [4.69, 9.17) is 9.39 Å². The molecule has 10 heteroatoms. The van der Waals surface area contributed by atoms with E-state index in [9.17, 15) is 19.7 Å². The van der Waals surface area contributed by atoms with Crippen molar-refractivity contribution < 1.29 is 29.1 Å². The molecule has 1 aromatic rings. The Morgan fingerprint density at radius 3 is 2.93 bits per heavy atom. The summed E-state index contributed by atoms with van der Waals surface area (Å²) < 4.78 is 11.2. The molecule has 1 fully saturated rings. The average Bonchev–Trinajstić information content (AvgIpc) is 3.09. The van der Waals surface area contributed by atoms with Crippen molar-refractivity contribution in [2.24, 2.45) is 4.99 Å². The number of hydrogen-bond acceptors (Lipinski definition) is 7. The number of aliphatic imine (C=N–C) groups is 1. The van der Waals surface area contributed by atoms with Gasteiger partial charge in [0.05, 0.1) is 32.0 Å². The van der Waals surface area contributed by atoms with Crippen LogP contribution in [-0.4, -0.2) is 72.1 Å². The molecule has 1 amide bonds. The molecule has 1 aromatic carbocycles. The number of likely N-dealkylation sites (tertiary alicyclic amines) is 1. The summed E-state index contributed by atoms with van der Waals surface area (Å²) in [4.78, 5) is 29.7. The molecular formula is C17H20BN3O6. The summed E-state index contributed by atoms with van der Waals surface area (Å²) in [5, 5.41) is 22.3. The number of aromatic carboxylic acids is 1. The van der Waals surface area contributed by atoms with Gasteiger partial charge in [0.15, 0.2) is 0 Å². The number of amides is 1. The van der Waals surface area contributed by atoms with Crippen molar-refractivity contribution in [3.63, 3.8) is 0 Å². The molecule has 27 heavy (non-hydrogen) atoms. The van der Waals surface area contributed by atoms with Crippen molar-refractivity contribution in [2.45, 2.75) is 31.3 Å². The van der Waals surface area contributed by atoms with Gasteiger partial charge < -0.3 is 29.7 Å². The monoisotopic (exact) mass is 373 g/mol. The summed E-state index contributed by atoms with van der Waals surface area (Å²) in [7, 11) is -1.02. The lowest BCUT2D eigenvalue weighted by Crippen LogP contribution is -2.57. The fraction of sp³-hybridized carbons (Fsp3) is 0.471. The Kier molecular flexibility index (Phi) is 4.65. The number of aryl methyl sites for hydroxylation is 1. The zero-order valence-electron chi connectivity index (χ0n) is 14.6. The van der Waals surface area contributed by atoms with Gasteiger partial charge in [-0.05, 0) is 24.4 Å². The lowest BCUT2D eigenvalue weighted by molar-refractivity contribution is -0.140. The number of rotatable bonds is 5. The number of benzene rings is 1. The zero-order chi connectivity index (χ0) is 19.0. The van der Waals surface area contributed by atoms with E-state index >= 15 is 0 Å². The van der Waals surface area contributed by atoms with Gasteiger partial charge in [-0.3, -0.25) is 9.79 Å². The van der Waals surface area contributed by atoms with Gasteiger partial charge in [-0.15, -0.1) is 0 Å². The Hall–Kier alpha value is -2.75. The quantitative estimate of drug-likeness (QED) is 0.611. The summed E-state index contributed by atoms with van der Waals surface area (Å²) in [6, 6.07) is 3.42. The van der Waals surface area contributed by atoms with Crippen LogP contribution in [0.5, 0.6) is 11.5 Å². The Morgan fingerprint density at radius 2 is 2.22 bits per heavy atom. The van der Waals surface area contributed by atoms with Gasteiger partial charge in [-0.2, -0.15) is 0 Å². The summed E-state index contributed by atoms with van der Waals surface area (Å²) in [5.41, 5.74) is 0.657. The second kappa shape index (κ2) is 7.11. The molecule has 0 aliphatic carbocycles. The van der Waals surface area contributed by atoms with Gasteiger partial charge in [0.2, 0.25) is 5.91 Å². The molecule has 3 aliphatic heterocycles.